The van der Waals surface area contributed by atoms with Crippen LogP contribution in [0.25, 0.3) is 0 Å². The average molecular weight is 558 g/mol. The van der Waals surface area contributed by atoms with Gasteiger partial charge in [-0.25, -0.2) is 9.79 Å². The molecule has 0 aliphatic rings. The number of nitrogens with one attached hydrogen (secondary N) is 3. The Bertz CT molecular complexity index is 700. The Morgan fingerprint density at radius 2 is 1.84 bits per heavy atom. The van der Waals surface area contributed by atoms with Gasteiger partial charge in [-0.3, -0.25) is 0 Å². The highest BCUT2D eigenvalue weighted by Crippen LogP contribution is 2.26. The third-order valence-electron chi connectivity index (χ3n) is 3.55. The van der Waals surface area contributed by atoms with E-state index >= 15 is 0 Å². The minimum absolute atomic E-state index is 0. The van der Waals surface area contributed by atoms with Gasteiger partial charge in [0.2, 0.25) is 0 Å². The van der Waals surface area contributed by atoms with E-state index in [9.17, 15) is 13.6 Å². The Morgan fingerprint density at radius 3 is 2.42 bits per heavy atom. The fourth-order valence-corrected chi connectivity index (χ4v) is 2.32. The number of guanidine groups is 1. The van der Waals surface area contributed by atoms with E-state index in [1.807, 2.05) is 6.92 Å². The van der Waals surface area contributed by atoms with E-state index in [0.717, 1.165) is 0 Å². The quantitative estimate of drug-likeness (QED) is 0.175. The first kappa shape index (κ1) is 28.9. The van der Waals surface area contributed by atoms with Gasteiger partial charge in [-0.15, -0.1) is 24.0 Å². The Balaban J connectivity index is 0.00000900. The van der Waals surface area contributed by atoms with Gasteiger partial charge in [-0.05, 0) is 52.3 Å². The zero-order valence-electron chi connectivity index (χ0n) is 18.6. The number of methoxy groups -OCH3 is 1. The number of hydrogen-bond donors (Lipinski definition) is 3. The van der Waals surface area contributed by atoms with Gasteiger partial charge in [0.1, 0.15) is 17.1 Å². The molecule has 11 heteroatoms. The number of carbonyl (C=O) groups excluding carboxylic acids is 1. The highest BCUT2D eigenvalue weighted by atomic mass is 127. The lowest BCUT2D eigenvalue weighted by Crippen LogP contribution is -2.39. The largest absolute Gasteiger partial charge is 0.497 e. The maximum atomic E-state index is 12.6. The van der Waals surface area contributed by atoms with E-state index in [1.165, 1.54) is 13.2 Å². The molecule has 1 amide bonds. The van der Waals surface area contributed by atoms with Gasteiger partial charge in [0.05, 0.1) is 13.7 Å². The van der Waals surface area contributed by atoms with Gasteiger partial charge in [-0.2, -0.15) is 8.78 Å². The van der Waals surface area contributed by atoms with Gasteiger partial charge in [0.25, 0.3) is 0 Å². The summed E-state index contributed by atoms with van der Waals surface area (Å²) in [5.74, 6) is 1.08. The van der Waals surface area contributed by atoms with Crippen molar-refractivity contribution < 1.29 is 27.8 Å². The van der Waals surface area contributed by atoms with Crippen LogP contribution in [0.4, 0.5) is 13.6 Å². The van der Waals surface area contributed by atoms with Crippen LogP contribution in [0.3, 0.4) is 0 Å². The normalized spacial score (nSPS) is 11.4. The van der Waals surface area contributed by atoms with E-state index in [0.29, 0.717) is 43.3 Å². The summed E-state index contributed by atoms with van der Waals surface area (Å²) in [7, 11) is 1.49. The molecular weight excluding hydrogens is 525 g/mol. The van der Waals surface area contributed by atoms with Crippen molar-refractivity contribution in [3.05, 3.63) is 23.8 Å². The van der Waals surface area contributed by atoms with E-state index in [-0.39, 0.29) is 36.3 Å². The minimum Gasteiger partial charge on any atom is -0.497 e. The lowest BCUT2D eigenvalue weighted by Gasteiger charge is -2.19. The number of nitrogens with zero attached hydrogens (tertiary/aromatic N) is 1. The fraction of sp³-hybridized carbons (Fsp3) is 0.600. The molecule has 0 spiro atoms. The molecule has 0 saturated heterocycles. The maximum Gasteiger partial charge on any atom is 0.407 e. The Kier molecular flexibility index (Phi) is 13.9. The van der Waals surface area contributed by atoms with Crippen LogP contribution in [0, 0.1) is 0 Å². The van der Waals surface area contributed by atoms with Gasteiger partial charge in [-0.1, -0.05) is 0 Å². The number of alkyl halides is 2. The second kappa shape index (κ2) is 14.9. The molecule has 0 saturated carbocycles. The molecule has 0 aliphatic heterocycles. The fourth-order valence-electron chi connectivity index (χ4n) is 2.32. The van der Waals surface area contributed by atoms with Gasteiger partial charge in [0.15, 0.2) is 5.96 Å². The summed E-state index contributed by atoms with van der Waals surface area (Å²) >= 11 is 0. The molecule has 8 nitrogen and oxygen atoms in total. The van der Waals surface area contributed by atoms with Crippen LogP contribution in [-0.4, -0.2) is 51.0 Å². The Labute approximate surface area is 199 Å². The SMILES string of the molecule is CCNC(=NCc1cc(OC)ccc1OC(F)F)NCCCNC(=O)OC(C)(C)C.I. The zero-order chi connectivity index (χ0) is 22.6. The maximum absolute atomic E-state index is 12.6. The highest BCUT2D eigenvalue weighted by molar-refractivity contribution is 14.0. The van der Waals surface area contributed by atoms with Crippen LogP contribution < -0.4 is 25.4 Å². The summed E-state index contributed by atoms with van der Waals surface area (Å²) in [4.78, 5) is 16.0. The average Bonchev–Trinajstić information content (AvgIpc) is 2.64. The summed E-state index contributed by atoms with van der Waals surface area (Å²) in [5.41, 5.74) is -0.0707. The van der Waals surface area contributed by atoms with E-state index in [2.05, 4.69) is 25.7 Å². The third kappa shape index (κ3) is 13.1. The van der Waals surface area contributed by atoms with Crippen LogP contribution in [0.1, 0.15) is 39.7 Å². The predicted molar refractivity (Wildman–Crippen MR) is 127 cm³/mol. The smallest absolute Gasteiger partial charge is 0.407 e. The number of ether oxygens (including phenoxy) is 3. The molecule has 3 N–H and O–H groups in total. The molecule has 0 aliphatic carbocycles. The second-order valence-corrected chi connectivity index (χ2v) is 7.26. The lowest BCUT2D eigenvalue weighted by molar-refractivity contribution is -0.0504. The van der Waals surface area contributed by atoms with Crippen LogP contribution in [0.5, 0.6) is 11.5 Å². The van der Waals surface area contributed by atoms with Crippen molar-refractivity contribution in [2.24, 2.45) is 4.99 Å². The van der Waals surface area contributed by atoms with Crippen molar-refractivity contribution in [1.29, 1.82) is 0 Å². The summed E-state index contributed by atoms with van der Waals surface area (Å²) in [6, 6.07) is 4.58. The molecule has 0 unspecified atom stereocenters. The number of carbonyl (C=O) groups is 1. The van der Waals surface area contributed by atoms with Gasteiger partial charge < -0.3 is 30.2 Å². The number of aliphatic imine (C=N–C) groups is 1. The Morgan fingerprint density at radius 1 is 1.16 bits per heavy atom. The van der Waals surface area contributed by atoms with Crippen LogP contribution >= 0.6 is 24.0 Å². The highest BCUT2D eigenvalue weighted by Gasteiger charge is 2.15. The molecule has 1 aromatic rings. The van der Waals surface area contributed by atoms with E-state index < -0.39 is 18.3 Å². The molecule has 0 fully saturated rings. The van der Waals surface area contributed by atoms with Crippen molar-refractivity contribution in [2.75, 3.05) is 26.7 Å². The molecule has 0 heterocycles. The lowest BCUT2D eigenvalue weighted by atomic mass is 10.2. The molecule has 178 valence electrons. The standard InChI is InChI=1S/C20H32F2N4O4.HI/c1-6-23-18(24-10-7-11-25-19(27)30-20(2,3)4)26-13-14-12-15(28-5)8-9-16(14)29-17(21)22;/h8-9,12,17H,6-7,10-11,13H2,1-5H3,(H,25,27)(H2,23,24,26);1H. The first-order valence-electron chi connectivity index (χ1n) is 9.75. The van der Waals surface area contributed by atoms with Crippen LogP contribution in [0.2, 0.25) is 0 Å². The first-order chi connectivity index (χ1) is 14.1. The molecule has 0 aromatic heterocycles. The molecule has 0 atom stereocenters. The van der Waals surface area contributed by atoms with Crippen LogP contribution in [0.15, 0.2) is 23.2 Å². The van der Waals surface area contributed by atoms with Crippen molar-refractivity contribution in [2.45, 2.75) is 52.9 Å². The van der Waals surface area contributed by atoms with Crippen LogP contribution in [-0.2, 0) is 11.3 Å². The molecule has 31 heavy (non-hydrogen) atoms. The Hall–Kier alpha value is -2.05. The molecule has 0 radical (unpaired) electrons. The summed E-state index contributed by atoms with van der Waals surface area (Å²) in [5, 5.41) is 8.89. The number of benzene rings is 1. The topological polar surface area (TPSA) is 93.2 Å². The zero-order valence-corrected chi connectivity index (χ0v) is 20.9. The van der Waals surface area contributed by atoms with Crippen molar-refractivity contribution in [3.8, 4) is 11.5 Å². The molecular formula is C20H33F2IN4O4. The van der Waals surface area contributed by atoms with E-state index in [1.54, 1.807) is 32.9 Å². The third-order valence-corrected chi connectivity index (χ3v) is 3.55. The summed E-state index contributed by atoms with van der Waals surface area (Å²) in [6.07, 6.45) is 0.176. The number of amides is 1. The number of rotatable bonds is 10. The molecule has 0 bridgehead atoms. The van der Waals surface area contributed by atoms with Crippen molar-refractivity contribution >= 4 is 36.0 Å². The minimum atomic E-state index is -2.93. The van der Waals surface area contributed by atoms with Gasteiger partial charge in [0, 0.05) is 25.2 Å². The number of alkyl carbamates (subject to hydrolysis) is 1. The van der Waals surface area contributed by atoms with E-state index in [4.69, 9.17) is 9.47 Å². The molecule has 1 rings (SSSR count). The van der Waals surface area contributed by atoms with Crippen molar-refractivity contribution in [3.63, 3.8) is 0 Å². The monoisotopic (exact) mass is 558 g/mol. The molecule has 1 aromatic carbocycles. The predicted octanol–water partition coefficient (Wildman–Crippen LogP) is 3.88. The first-order valence-corrected chi connectivity index (χ1v) is 9.75. The number of halogens is 3. The second-order valence-electron chi connectivity index (χ2n) is 7.26. The summed E-state index contributed by atoms with van der Waals surface area (Å²) < 4.78 is 40.1. The van der Waals surface area contributed by atoms with Gasteiger partial charge >= 0.3 is 12.7 Å². The number of hydrogen-bond acceptors (Lipinski definition) is 5. The summed E-state index contributed by atoms with van der Waals surface area (Å²) in [6.45, 7) is 6.10. The van der Waals surface area contributed by atoms with Crippen molar-refractivity contribution in [1.82, 2.24) is 16.0 Å².